The minimum absolute atomic E-state index is 0.00611. The normalized spacial score (nSPS) is 23.2. The van der Waals surface area contributed by atoms with Crippen LogP contribution in [0, 0.1) is 5.92 Å². The van der Waals surface area contributed by atoms with Crippen LogP contribution in [0.2, 0.25) is 0 Å². The minimum atomic E-state index is -5.00. The van der Waals surface area contributed by atoms with Crippen LogP contribution >= 0.6 is 0 Å². The Kier molecular flexibility index (Phi) is 5.01. The molecule has 1 unspecified atom stereocenters. The second-order valence-electron chi connectivity index (χ2n) is 5.10. The van der Waals surface area contributed by atoms with E-state index in [2.05, 4.69) is 9.84 Å². The lowest BCUT2D eigenvalue weighted by atomic mass is 10.00. The number of hydrogen-bond donors (Lipinski definition) is 1. The molecule has 1 heterocycles. The van der Waals surface area contributed by atoms with Gasteiger partial charge in [0, 0.05) is 12.1 Å². The zero-order valence-corrected chi connectivity index (χ0v) is 11.7. The zero-order chi connectivity index (χ0) is 15.6. The summed E-state index contributed by atoms with van der Waals surface area (Å²) in [6, 6.07) is 0. The summed E-state index contributed by atoms with van der Waals surface area (Å²) in [4.78, 5) is 11.5. The van der Waals surface area contributed by atoms with E-state index < -0.39 is 24.4 Å². The molecule has 0 saturated carbocycles. The zero-order valence-electron chi connectivity index (χ0n) is 11.7. The van der Waals surface area contributed by atoms with Gasteiger partial charge in [-0.25, -0.2) is 4.79 Å². The maximum Gasteiger partial charge on any atom is 0.439 e. The van der Waals surface area contributed by atoms with Gasteiger partial charge in [0.1, 0.15) is 0 Å². The fourth-order valence-electron chi connectivity index (χ4n) is 1.81. The lowest BCUT2D eigenvalue weighted by Crippen LogP contribution is -2.56. The van der Waals surface area contributed by atoms with E-state index in [1.54, 1.807) is 0 Å². The molecule has 0 aromatic heterocycles. The number of amides is 1. The maximum absolute atomic E-state index is 13.0. The Bertz CT molecular complexity index is 396. The van der Waals surface area contributed by atoms with E-state index >= 15 is 0 Å². The van der Waals surface area contributed by atoms with Gasteiger partial charge in [-0.3, -0.25) is 0 Å². The highest BCUT2D eigenvalue weighted by atomic mass is 19.4. The summed E-state index contributed by atoms with van der Waals surface area (Å²) in [6.45, 7) is 5.22. The van der Waals surface area contributed by atoms with Gasteiger partial charge in [0.25, 0.3) is 5.72 Å². The van der Waals surface area contributed by atoms with Gasteiger partial charge >= 0.3 is 12.3 Å². The van der Waals surface area contributed by atoms with E-state index in [-0.39, 0.29) is 23.2 Å². The third-order valence-corrected chi connectivity index (χ3v) is 2.95. The molecule has 1 aliphatic heterocycles. The number of hydrogen-bond acceptors (Lipinski definition) is 4. The Hall–Kier alpha value is -1.31. The fraction of sp³-hybridized carbons (Fsp3) is 0.833. The fourth-order valence-corrected chi connectivity index (χ4v) is 1.81. The monoisotopic (exact) mass is 296 g/mol. The first-order valence-corrected chi connectivity index (χ1v) is 6.44. The van der Waals surface area contributed by atoms with Crippen molar-refractivity contribution in [3.8, 4) is 0 Å². The first kappa shape index (κ1) is 16.7. The number of hydrazone groups is 1. The van der Waals surface area contributed by atoms with Crippen LogP contribution in [0.25, 0.3) is 0 Å². The van der Waals surface area contributed by atoms with Crippen molar-refractivity contribution in [3.63, 3.8) is 0 Å². The number of aliphatic hydroxyl groups is 1. The average Bonchev–Trinajstić information content (AvgIpc) is 2.65. The summed E-state index contributed by atoms with van der Waals surface area (Å²) in [6.07, 6.45) is -6.10. The van der Waals surface area contributed by atoms with Crippen molar-refractivity contribution in [2.45, 2.75) is 51.9 Å². The SMILES string of the molecule is CCOC(=O)N1N=C(CCC(C)C)CC1(O)C(F)(F)F. The predicted molar refractivity (Wildman–Crippen MR) is 66.0 cm³/mol. The molecule has 1 atom stereocenters. The molecule has 0 fully saturated rings. The lowest BCUT2D eigenvalue weighted by Gasteiger charge is -2.31. The number of alkyl halides is 3. The summed E-state index contributed by atoms with van der Waals surface area (Å²) in [5.41, 5.74) is -3.17. The topological polar surface area (TPSA) is 62.1 Å². The standard InChI is InChI=1S/C12H19F3N2O3/c1-4-20-10(18)17-11(19,12(13,14)15)7-9(16-17)6-5-8(2)3/h8,19H,4-7H2,1-3H3. The molecule has 8 heteroatoms. The van der Waals surface area contributed by atoms with Crippen LogP contribution in [0.5, 0.6) is 0 Å². The highest BCUT2D eigenvalue weighted by molar-refractivity contribution is 5.89. The molecule has 1 aliphatic rings. The highest BCUT2D eigenvalue weighted by Crippen LogP contribution is 2.41. The number of rotatable bonds is 4. The Morgan fingerprint density at radius 2 is 2.15 bits per heavy atom. The van der Waals surface area contributed by atoms with E-state index in [4.69, 9.17) is 0 Å². The largest absolute Gasteiger partial charge is 0.448 e. The van der Waals surface area contributed by atoms with Crippen molar-refractivity contribution in [1.82, 2.24) is 5.01 Å². The Morgan fingerprint density at radius 3 is 2.60 bits per heavy atom. The molecule has 0 aromatic carbocycles. The number of halogens is 3. The molecule has 1 rings (SSSR count). The van der Waals surface area contributed by atoms with Crippen molar-refractivity contribution in [1.29, 1.82) is 0 Å². The summed E-state index contributed by atoms with van der Waals surface area (Å²) in [5.74, 6) is 0.285. The molecule has 0 aliphatic carbocycles. The molecule has 20 heavy (non-hydrogen) atoms. The first-order valence-electron chi connectivity index (χ1n) is 6.44. The van der Waals surface area contributed by atoms with Gasteiger partial charge in [0.15, 0.2) is 0 Å². The number of nitrogens with zero attached hydrogens (tertiary/aromatic N) is 2. The molecule has 0 radical (unpaired) electrons. The maximum atomic E-state index is 13.0. The summed E-state index contributed by atoms with van der Waals surface area (Å²) < 4.78 is 43.5. The molecule has 5 nitrogen and oxygen atoms in total. The molecule has 0 aromatic rings. The predicted octanol–water partition coefficient (Wildman–Crippen LogP) is 2.89. The summed E-state index contributed by atoms with van der Waals surface area (Å²) >= 11 is 0. The van der Waals surface area contributed by atoms with Crippen molar-refractivity contribution >= 4 is 11.8 Å². The van der Waals surface area contributed by atoms with Crippen molar-refractivity contribution in [3.05, 3.63) is 0 Å². The third kappa shape index (κ3) is 3.41. The van der Waals surface area contributed by atoms with Crippen LogP contribution in [0.4, 0.5) is 18.0 Å². The molecule has 1 amide bonds. The first-order chi connectivity index (χ1) is 9.11. The second-order valence-corrected chi connectivity index (χ2v) is 5.10. The van der Waals surface area contributed by atoms with E-state index in [1.807, 2.05) is 13.8 Å². The van der Waals surface area contributed by atoms with E-state index in [0.29, 0.717) is 12.8 Å². The van der Waals surface area contributed by atoms with Gasteiger partial charge in [-0.05, 0) is 25.7 Å². The van der Waals surface area contributed by atoms with Gasteiger partial charge in [-0.1, -0.05) is 13.8 Å². The highest BCUT2D eigenvalue weighted by Gasteiger charge is 2.63. The quantitative estimate of drug-likeness (QED) is 0.867. The number of carbonyl (C=O) groups is 1. The average molecular weight is 296 g/mol. The summed E-state index contributed by atoms with van der Waals surface area (Å²) in [5, 5.41) is 13.4. The minimum Gasteiger partial charge on any atom is -0.448 e. The van der Waals surface area contributed by atoms with Crippen LogP contribution in [0.1, 0.15) is 40.0 Å². The molecule has 116 valence electrons. The smallest absolute Gasteiger partial charge is 0.439 e. The lowest BCUT2D eigenvalue weighted by molar-refractivity contribution is -0.299. The van der Waals surface area contributed by atoms with E-state index in [9.17, 15) is 23.1 Å². The van der Waals surface area contributed by atoms with Crippen LogP contribution < -0.4 is 0 Å². The Balaban J connectivity index is 2.95. The van der Waals surface area contributed by atoms with Gasteiger partial charge < -0.3 is 9.84 Å². The number of carbonyl (C=O) groups excluding carboxylic acids is 1. The van der Waals surface area contributed by atoms with Crippen LogP contribution in [0.3, 0.4) is 0 Å². The number of ether oxygens (including phenoxy) is 1. The second kappa shape index (κ2) is 5.99. The molecule has 1 N–H and O–H groups in total. The van der Waals surface area contributed by atoms with Crippen molar-refractivity contribution < 1.29 is 27.8 Å². The molecule has 0 bridgehead atoms. The Morgan fingerprint density at radius 1 is 1.55 bits per heavy atom. The van der Waals surface area contributed by atoms with Gasteiger partial charge in [0.05, 0.1) is 6.61 Å². The van der Waals surface area contributed by atoms with E-state index in [0.717, 1.165) is 0 Å². The molecular weight excluding hydrogens is 277 g/mol. The molecule has 0 saturated heterocycles. The van der Waals surface area contributed by atoms with Crippen LogP contribution in [0.15, 0.2) is 5.10 Å². The Labute approximate surface area is 115 Å². The van der Waals surface area contributed by atoms with Crippen LogP contribution in [-0.4, -0.2) is 40.4 Å². The van der Waals surface area contributed by atoms with Gasteiger partial charge in [-0.15, -0.1) is 0 Å². The van der Waals surface area contributed by atoms with E-state index in [1.165, 1.54) is 6.92 Å². The van der Waals surface area contributed by atoms with Gasteiger partial charge in [0.2, 0.25) is 0 Å². The summed E-state index contributed by atoms with van der Waals surface area (Å²) in [7, 11) is 0. The van der Waals surface area contributed by atoms with Crippen molar-refractivity contribution in [2.24, 2.45) is 11.0 Å². The van der Waals surface area contributed by atoms with Crippen molar-refractivity contribution in [2.75, 3.05) is 6.61 Å². The molecule has 0 spiro atoms. The van der Waals surface area contributed by atoms with Crippen LogP contribution in [-0.2, 0) is 4.74 Å². The van der Waals surface area contributed by atoms with Gasteiger partial charge in [-0.2, -0.15) is 23.3 Å². The molecular formula is C12H19F3N2O3. The third-order valence-electron chi connectivity index (χ3n) is 2.95.